The minimum absolute atomic E-state index is 0.590. The number of halogens is 1. The maximum absolute atomic E-state index is 10.0. The molecule has 0 saturated carbocycles. The van der Waals surface area contributed by atoms with Crippen molar-refractivity contribution in [2.24, 2.45) is 0 Å². The van der Waals surface area contributed by atoms with Crippen LogP contribution < -0.4 is 0 Å². The summed E-state index contributed by atoms with van der Waals surface area (Å²) >= 11 is 4.67. The summed E-state index contributed by atoms with van der Waals surface area (Å²) < 4.78 is 0.663. The number of aryl methyl sites for hydroxylation is 1. The summed E-state index contributed by atoms with van der Waals surface area (Å²) in [5.74, 6) is 0.646. The van der Waals surface area contributed by atoms with Gasteiger partial charge < -0.3 is 5.11 Å². The minimum atomic E-state index is -0.742. The molecule has 0 bridgehead atoms. The molecule has 15 heavy (non-hydrogen) atoms. The Morgan fingerprint density at radius 1 is 1.47 bits per heavy atom. The van der Waals surface area contributed by atoms with Gasteiger partial charge in [0.15, 0.2) is 0 Å². The molecule has 2 aromatic rings. The summed E-state index contributed by atoms with van der Waals surface area (Å²) in [5.41, 5.74) is 2.27. The van der Waals surface area contributed by atoms with Crippen LogP contribution in [0.1, 0.15) is 22.5 Å². The highest BCUT2D eigenvalue weighted by Gasteiger charge is 2.17. The molecule has 0 saturated heterocycles. The highest BCUT2D eigenvalue weighted by Crippen LogP contribution is 2.29. The van der Waals surface area contributed by atoms with E-state index in [0.29, 0.717) is 16.1 Å². The molecule has 0 fully saturated rings. The predicted molar refractivity (Wildman–Crippen MR) is 60.6 cm³/mol. The van der Waals surface area contributed by atoms with Gasteiger partial charge in [-0.2, -0.15) is 0 Å². The molecule has 4 nitrogen and oxygen atoms in total. The fraction of sp³-hybridized carbons (Fsp3) is 0.222. The lowest BCUT2D eigenvalue weighted by Gasteiger charge is -2.07. The molecule has 0 aliphatic carbocycles. The molecule has 2 aromatic heterocycles. The number of aliphatic hydroxyl groups excluding tert-OH is 1. The van der Waals surface area contributed by atoms with Crippen molar-refractivity contribution < 1.29 is 5.11 Å². The molecule has 2 rings (SSSR count). The molecule has 1 N–H and O–H groups in total. The van der Waals surface area contributed by atoms with Crippen LogP contribution >= 0.6 is 27.3 Å². The fourth-order valence-electron chi connectivity index (χ4n) is 1.18. The highest BCUT2D eigenvalue weighted by molar-refractivity contribution is 9.10. The van der Waals surface area contributed by atoms with E-state index in [2.05, 4.69) is 30.9 Å². The molecular formula is C9H8BrN3OS. The maximum atomic E-state index is 10.0. The number of thiazole rings is 1. The van der Waals surface area contributed by atoms with Gasteiger partial charge >= 0.3 is 0 Å². The summed E-state index contributed by atoms with van der Waals surface area (Å²) in [6.45, 7) is 1.79. The first-order valence-electron chi connectivity index (χ1n) is 4.25. The predicted octanol–water partition coefficient (Wildman–Crippen LogP) is 2.09. The molecule has 0 radical (unpaired) electrons. The molecule has 0 amide bonds. The van der Waals surface area contributed by atoms with E-state index < -0.39 is 6.10 Å². The first-order valence-corrected chi connectivity index (χ1v) is 5.92. The summed E-state index contributed by atoms with van der Waals surface area (Å²) in [7, 11) is 0. The Hall–Kier alpha value is -0.850. The van der Waals surface area contributed by atoms with Crippen LogP contribution in [0.4, 0.5) is 0 Å². The Morgan fingerprint density at radius 3 is 2.87 bits per heavy atom. The number of hydrogen-bond acceptors (Lipinski definition) is 5. The van der Waals surface area contributed by atoms with Crippen molar-refractivity contribution >= 4 is 27.3 Å². The second-order valence-corrected chi connectivity index (χ2v) is 4.58. The molecule has 1 atom stereocenters. The summed E-state index contributed by atoms with van der Waals surface area (Å²) in [4.78, 5) is 12.9. The van der Waals surface area contributed by atoms with Gasteiger partial charge in [-0.1, -0.05) is 0 Å². The normalized spacial score (nSPS) is 12.7. The van der Waals surface area contributed by atoms with Crippen molar-refractivity contribution in [1.29, 1.82) is 0 Å². The third kappa shape index (κ3) is 2.22. The summed E-state index contributed by atoms with van der Waals surface area (Å²) in [6, 6.07) is 1.70. The molecule has 1 unspecified atom stereocenters. The van der Waals surface area contributed by atoms with Gasteiger partial charge in [-0.25, -0.2) is 15.0 Å². The van der Waals surface area contributed by atoms with E-state index in [0.717, 1.165) is 4.88 Å². The quantitative estimate of drug-likeness (QED) is 0.918. The van der Waals surface area contributed by atoms with Crippen molar-refractivity contribution in [3.05, 3.63) is 38.8 Å². The Kier molecular flexibility index (Phi) is 3.08. The van der Waals surface area contributed by atoms with E-state index >= 15 is 0 Å². The van der Waals surface area contributed by atoms with Crippen molar-refractivity contribution in [3.63, 3.8) is 0 Å². The molecule has 0 aliphatic heterocycles. The van der Waals surface area contributed by atoms with E-state index in [4.69, 9.17) is 0 Å². The van der Waals surface area contributed by atoms with E-state index in [1.54, 1.807) is 24.7 Å². The Bertz CT molecular complexity index is 474. The Morgan fingerprint density at radius 2 is 2.27 bits per heavy atom. The molecule has 2 heterocycles. The van der Waals surface area contributed by atoms with Gasteiger partial charge in [0.2, 0.25) is 0 Å². The van der Waals surface area contributed by atoms with Crippen LogP contribution in [0.15, 0.2) is 22.4 Å². The third-order valence-corrected chi connectivity index (χ3v) is 3.65. The fourth-order valence-corrected chi connectivity index (χ4v) is 2.59. The number of aromatic nitrogens is 3. The van der Waals surface area contributed by atoms with E-state index in [9.17, 15) is 5.11 Å². The van der Waals surface area contributed by atoms with Gasteiger partial charge in [0.05, 0.1) is 16.1 Å². The molecule has 78 valence electrons. The van der Waals surface area contributed by atoms with Crippen LogP contribution in [0.2, 0.25) is 0 Å². The monoisotopic (exact) mass is 285 g/mol. The molecule has 0 aromatic carbocycles. The summed E-state index contributed by atoms with van der Waals surface area (Å²) in [5, 5.41) is 10.0. The van der Waals surface area contributed by atoms with Gasteiger partial charge in [0, 0.05) is 6.20 Å². The minimum Gasteiger partial charge on any atom is -0.381 e. The van der Waals surface area contributed by atoms with Crippen LogP contribution in [0.3, 0.4) is 0 Å². The van der Waals surface area contributed by atoms with E-state index in [1.807, 2.05) is 0 Å². The van der Waals surface area contributed by atoms with Crippen molar-refractivity contribution in [2.75, 3.05) is 0 Å². The topological polar surface area (TPSA) is 58.9 Å². The van der Waals surface area contributed by atoms with Crippen molar-refractivity contribution in [3.8, 4) is 0 Å². The van der Waals surface area contributed by atoms with E-state index in [-0.39, 0.29) is 0 Å². The summed E-state index contributed by atoms with van der Waals surface area (Å²) in [6.07, 6.45) is 0.893. The molecule has 0 spiro atoms. The van der Waals surface area contributed by atoms with Crippen LogP contribution in [0, 0.1) is 6.92 Å². The lowest BCUT2D eigenvalue weighted by atomic mass is 10.2. The van der Waals surface area contributed by atoms with E-state index in [1.165, 1.54) is 11.3 Å². The second-order valence-electron chi connectivity index (χ2n) is 2.94. The number of nitrogens with zero attached hydrogens (tertiary/aromatic N) is 3. The second kappa shape index (κ2) is 4.34. The number of rotatable bonds is 2. The van der Waals surface area contributed by atoms with Crippen LogP contribution in [-0.4, -0.2) is 20.1 Å². The third-order valence-electron chi connectivity index (χ3n) is 1.88. The van der Waals surface area contributed by atoms with Crippen LogP contribution in [0.25, 0.3) is 0 Å². The van der Waals surface area contributed by atoms with Crippen LogP contribution in [0.5, 0.6) is 0 Å². The van der Waals surface area contributed by atoms with Crippen molar-refractivity contribution in [1.82, 2.24) is 15.0 Å². The zero-order valence-electron chi connectivity index (χ0n) is 7.88. The zero-order chi connectivity index (χ0) is 10.8. The van der Waals surface area contributed by atoms with Gasteiger partial charge in [-0.05, 0) is 28.9 Å². The maximum Gasteiger partial charge on any atom is 0.133 e. The van der Waals surface area contributed by atoms with Gasteiger partial charge in [-0.3, -0.25) is 0 Å². The largest absolute Gasteiger partial charge is 0.381 e. The van der Waals surface area contributed by atoms with Gasteiger partial charge in [0.25, 0.3) is 0 Å². The zero-order valence-corrected chi connectivity index (χ0v) is 10.3. The van der Waals surface area contributed by atoms with Gasteiger partial charge in [-0.15, -0.1) is 11.3 Å². The molecule has 0 aliphatic rings. The number of aliphatic hydroxyl groups is 1. The smallest absolute Gasteiger partial charge is 0.133 e. The molecule has 6 heteroatoms. The van der Waals surface area contributed by atoms with Gasteiger partial charge in [0.1, 0.15) is 16.5 Å². The van der Waals surface area contributed by atoms with Crippen LogP contribution in [-0.2, 0) is 0 Å². The first kappa shape index (κ1) is 10.7. The lowest BCUT2D eigenvalue weighted by Crippen LogP contribution is -2.03. The highest BCUT2D eigenvalue weighted by atomic mass is 79.9. The first-order chi connectivity index (χ1) is 7.18. The average molecular weight is 286 g/mol. The number of hydrogen-bond donors (Lipinski definition) is 1. The Labute approximate surface area is 99.2 Å². The standard InChI is InChI=1S/C9H8BrN3OS/c1-5-11-3-2-6(13-5)7(14)8-9(10)12-4-15-8/h2-4,7,14H,1H3. The Balaban J connectivity index is 2.36. The SMILES string of the molecule is Cc1nccc(C(O)c2scnc2Br)n1. The lowest BCUT2D eigenvalue weighted by molar-refractivity contribution is 0.217. The average Bonchev–Trinajstić information content (AvgIpc) is 2.63. The van der Waals surface area contributed by atoms with Crippen molar-refractivity contribution in [2.45, 2.75) is 13.0 Å². The molecular weight excluding hydrogens is 278 g/mol.